The van der Waals surface area contributed by atoms with E-state index in [1.165, 1.54) is 11.1 Å². The van der Waals surface area contributed by atoms with Crippen LogP contribution in [0.5, 0.6) is 11.5 Å². The van der Waals surface area contributed by atoms with E-state index >= 15 is 0 Å². The van der Waals surface area contributed by atoms with Crippen molar-refractivity contribution >= 4 is 29.7 Å². The molecule has 2 aromatic rings. The van der Waals surface area contributed by atoms with Gasteiger partial charge in [0, 0.05) is 0 Å². The van der Waals surface area contributed by atoms with Crippen LogP contribution in [0.1, 0.15) is 11.1 Å². The van der Waals surface area contributed by atoms with Crippen molar-refractivity contribution in [2.24, 2.45) is 0 Å². The minimum atomic E-state index is -3.72. The Kier molecular flexibility index (Phi) is 25.6. The Bertz CT molecular complexity index is 484. The number of hydrogen-bond donors (Lipinski definition) is 2. The Morgan fingerprint density at radius 3 is 1.04 bits per heavy atom. The summed E-state index contributed by atoms with van der Waals surface area (Å²) in [5.41, 5.74) is -1.38. The van der Waals surface area contributed by atoms with Gasteiger partial charge in [-0.05, 0) is 38.1 Å². The summed E-state index contributed by atoms with van der Waals surface area (Å²) >= 11 is 7.28. The smallest absolute Gasteiger partial charge is 0.850 e. The van der Waals surface area contributed by atoms with Crippen molar-refractivity contribution in [3.63, 3.8) is 0 Å². The number of hydrogen-bond acceptors (Lipinski definition) is 6. The van der Waals surface area contributed by atoms with Crippen molar-refractivity contribution in [3.05, 3.63) is 59.7 Å². The van der Waals surface area contributed by atoms with Gasteiger partial charge in [-0.1, -0.05) is 35.4 Å². The molecule has 0 atom stereocenters. The Morgan fingerprint density at radius 1 is 0.750 bits per heavy atom. The molecule has 2 aromatic carbocycles. The summed E-state index contributed by atoms with van der Waals surface area (Å²) < 4.78 is 0. The minimum Gasteiger partial charge on any atom is -0.850 e. The maximum Gasteiger partial charge on any atom is 1.00 e. The first-order valence-corrected chi connectivity index (χ1v) is 9.47. The van der Waals surface area contributed by atoms with Crippen LogP contribution >= 0.6 is 5.69 Å². The predicted octanol–water partition coefficient (Wildman–Crippen LogP) is -7.11. The summed E-state index contributed by atoms with van der Waals surface area (Å²) in [6.07, 6.45) is 0. The van der Waals surface area contributed by atoms with E-state index in [9.17, 15) is 9.79 Å². The number of aromatic hydroxyl groups is 2. The van der Waals surface area contributed by atoms with Gasteiger partial charge in [0.1, 0.15) is 11.5 Å². The van der Waals surface area contributed by atoms with E-state index in [2.05, 4.69) is 24.1 Å². The summed E-state index contributed by atoms with van der Waals surface area (Å²) in [4.78, 5) is 18.6. The van der Waals surface area contributed by atoms with Gasteiger partial charge in [-0.15, -0.1) is 0 Å². The number of benzene rings is 2. The van der Waals surface area contributed by atoms with Crippen molar-refractivity contribution in [2.75, 3.05) is 0 Å². The SMILES string of the molecule is Cc1ccc(O)cc1.Cc1ccc(O)cc1.[Na+].[Na+].[Na+].[O-]P([O-])(=S)[S-]. The van der Waals surface area contributed by atoms with Crippen LogP contribution in [0.2, 0.25) is 0 Å². The van der Waals surface area contributed by atoms with Crippen molar-refractivity contribution in [2.45, 2.75) is 13.8 Å². The summed E-state index contributed by atoms with van der Waals surface area (Å²) in [6.45, 7) is 3.97. The van der Waals surface area contributed by atoms with Crippen molar-refractivity contribution in [1.82, 2.24) is 0 Å². The second kappa shape index (κ2) is 18.3. The molecule has 24 heavy (non-hydrogen) atoms. The molecule has 0 aromatic heterocycles. The van der Waals surface area contributed by atoms with Gasteiger partial charge in [0.25, 0.3) is 0 Å². The first-order chi connectivity index (χ1) is 9.58. The molecule has 0 fully saturated rings. The first kappa shape index (κ1) is 33.5. The Morgan fingerprint density at radius 2 is 0.917 bits per heavy atom. The molecular formula is C14H16Na3O4PS2. The topological polar surface area (TPSA) is 86.6 Å². The fraction of sp³-hybridized carbons (Fsp3) is 0.143. The summed E-state index contributed by atoms with van der Waals surface area (Å²) in [6, 6.07) is 14.2. The van der Waals surface area contributed by atoms with Gasteiger partial charge in [-0.25, -0.2) is 0 Å². The van der Waals surface area contributed by atoms with Crippen LogP contribution in [0.3, 0.4) is 0 Å². The van der Waals surface area contributed by atoms with Gasteiger partial charge in [0.2, 0.25) is 0 Å². The van der Waals surface area contributed by atoms with Gasteiger partial charge < -0.3 is 37.9 Å². The fourth-order valence-corrected chi connectivity index (χ4v) is 1.09. The molecule has 0 unspecified atom stereocenters. The number of phenolic OH excluding ortho intramolecular Hbond substituents is 2. The average Bonchev–Trinajstić information content (AvgIpc) is 2.35. The van der Waals surface area contributed by atoms with E-state index in [-0.39, 0.29) is 88.7 Å². The van der Waals surface area contributed by atoms with E-state index in [0.29, 0.717) is 11.5 Å². The molecular weight excluding hydrogens is 396 g/mol. The van der Waals surface area contributed by atoms with Gasteiger partial charge in [0.15, 0.2) is 0 Å². The molecule has 116 valence electrons. The van der Waals surface area contributed by atoms with Crippen LogP contribution in [-0.2, 0) is 24.1 Å². The molecule has 10 heteroatoms. The monoisotopic (exact) mass is 412 g/mol. The Labute approximate surface area is 220 Å². The molecule has 2 rings (SSSR count). The van der Waals surface area contributed by atoms with Crippen LogP contribution in [0.15, 0.2) is 48.5 Å². The molecule has 0 bridgehead atoms. The predicted molar refractivity (Wildman–Crippen MR) is 87.3 cm³/mol. The first-order valence-electron chi connectivity index (χ1n) is 5.82. The second-order valence-electron chi connectivity index (χ2n) is 4.12. The number of phenols is 2. The molecule has 0 aliphatic rings. The van der Waals surface area contributed by atoms with Crippen LogP contribution < -0.4 is 98.5 Å². The van der Waals surface area contributed by atoms with Crippen molar-refractivity contribution in [1.29, 1.82) is 0 Å². The maximum absolute atomic E-state index is 9.29. The third-order valence-corrected chi connectivity index (χ3v) is 2.07. The zero-order valence-electron chi connectivity index (χ0n) is 14.6. The largest absolute Gasteiger partial charge is 1.00 e. The molecule has 4 nitrogen and oxygen atoms in total. The second-order valence-corrected chi connectivity index (χ2v) is 8.59. The normalized spacial score (nSPS) is 8.54. The van der Waals surface area contributed by atoms with Gasteiger partial charge in [-0.3, -0.25) is 0 Å². The summed E-state index contributed by atoms with van der Waals surface area (Å²) in [7, 11) is 0. The fourth-order valence-electron chi connectivity index (χ4n) is 1.09. The molecule has 0 aliphatic heterocycles. The van der Waals surface area contributed by atoms with E-state index in [0.717, 1.165) is 0 Å². The number of rotatable bonds is 0. The van der Waals surface area contributed by atoms with Crippen LogP contribution in [-0.4, -0.2) is 10.2 Å². The molecule has 0 heterocycles. The standard InChI is InChI=1S/2C7H8O.3Na.H3O2PS2/c2*1-6-2-4-7(8)5-3-6;;;;1-3(2,4)5/h2*2-5,8H,1H3;;;;(H3,1,2,4,5)/q;;3*+1;/p-3. The quantitative estimate of drug-likeness (QED) is 0.254. The van der Waals surface area contributed by atoms with E-state index in [1.54, 1.807) is 24.3 Å². The molecule has 0 amide bonds. The molecule has 0 saturated heterocycles. The molecule has 2 N–H and O–H groups in total. The summed E-state index contributed by atoms with van der Waals surface area (Å²) in [5, 5.41) is 17.5. The van der Waals surface area contributed by atoms with Crippen LogP contribution in [0, 0.1) is 13.8 Å². The zero-order chi connectivity index (χ0) is 16.5. The molecule has 0 radical (unpaired) electrons. The van der Waals surface area contributed by atoms with Gasteiger partial charge in [0.05, 0.1) is 0 Å². The zero-order valence-corrected chi connectivity index (χ0v) is 23.1. The Balaban J connectivity index is -0.000000121. The average molecular weight is 412 g/mol. The third-order valence-electron chi connectivity index (χ3n) is 2.07. The summed E-state index contributed by atoms with van der Waals surface area (Å²) in [5.74, 6) is 0.659. The number of aryl methyl sites for hydroxylation is 2. The minimum absolute atomic E-state index is 0. The maximum atomic E-state index is 9.29. The van der Waals surface area contributed by atoms with Crippen molar-refractivity contribution < 1.29 is 109 Å². The van der Waals surface area contributed by atoms with E-state index in [1.807, 2.05) is 38.1 Å². The van der Waals surface area contributed by atoms with Crippen LogP contribution in [0.4, 0.5) is 0 Å². The van der Waals surface area contributed by atoms with E-state index in [4.69, 9.17) is 10.2 Å². The molecule has 0 saturated carbocycles. The van der Waals surface area contributed by atoms with Gasteiger partial charge in [-0.2, -0.15) is 11.8 Å². The van der Waals surface area contributed by atoms with Crippen LogP contribution in [0.25, 0.3) is 0 Å². The Hall–Kier alpha value is 1.96. The van der Waals surface area contributed by atoms with Gasteiger partial charge >= 0.3 is 88.7 Å². The van der Waals surface area contributed by atoms with Crippen molar-refractivity contribution in [3.8, 4) is 11.5 Å². The third kappa shape index (κ3) is 26.2. The van der Waals surface area contributed by atoms with E-state index < -0.39 is 5.69 Å². The molecule has 0 aliphatic carbocycles. The molecule has 0 spiro atoms.